The molecule has 19 heavy (non-hydrogen) atoms. The third-order valence-electron chi connectivity index (χ3n) is 3.33. The molecule has 3 nitrogen and oxygen atoms in total. The van der Waals surface area contributed by atoms with Gasteiger partial charge in [-0.1, -0.05) is 12.1 Å². The Bertz CT molecular complexity index is 444. The normalized spacial score (nSPS) is 14.4. The first-order valence-electron chi connectivity index (χ1n) is 6.80. The van der Waals surface area contributed by atoms with Crippen LogP contribution in [-0.4, -0.2) is 25.3 Å². The summed E-state index contributed by atoms with van der Waals surface area (Å²) in [5.41, 5.74) is 2.44. The van der Waals surface area contributed by atoms with E-state index in [1.54, 1.807) is 11.8 Å². The number of amides is 1. The van der Waals surface area contributed by atoms with Gasteiger partial charge in [0.1, 0.15) is 0 Å². The van der Waals surface area contributed by atoms with Crippen LogP contribution in [0.1, 0.15) is 24.0 Å². The molecule has 0 unspecified atom stereocenters. The molecule has 2 N–H and O–H groups in total. The molecule has 2 rings (SSSR count). The van der Waals surface area contributed by atoms with E-state index >= 15 is 0 Å². The van der Waals surface area contributed by atoms with Gasteiger partial charge in [-0.15, -0.1) is 11.8 Å². The highest BCUT2D eigenvalue weighted by Crippen LogP contribution is 2.27. The lowest BCUT2D eigenvalue weighted by Gasteiger charge is -2.10. The van der Waals surface area contributed by atoms with Crippen molar-refractivity contribution >= 4 is 17.7 Å². The van der Waals surface area contributed by atoms with E-state index in [1.165, 1.54) is 28.9 Å². The van der Waals surface area contributed by atoms with Crippen LogP contribution in [0.2, 0.25) is 0 Å². The first-order valence-corrected chi connectivity index (χ1v) is 8.02. The quantitative estimate of drug-likeness (QED) is 0.752. The molecule has 4 heteroatoms. The van der Waals surface area contributed by atoms with E-state index in [4.69, 9.17) is 0 Å². The molecule has 1 aromatic rings. The Morgan fingerprint density at radius 1 is 1.42 bits per heavy atom. The molecule has 0 atom stereocenters. The zero-order chi connectivity index (χ0) is 13.7. The highest BCUT2D eigenvalue weighted by molar-refractivity contribution is 7.98. The molecule has 0 heterocycles. The fourth-order valence-corrected chi connectivity index (χ4v) is 2.67. The highest BCUT2D eigenvalue weighted by atomic mass is 32.2. The van der Waals surface area contributed by atoms with Crippen LogP contribution in [-0.2, 0) is 11.3 Å². The summed E-state index contributed by atoms with van der Waals surface area (Å²) >= 11 is 1.72. The summed E-state index contributed by atoms with van der Waals surface area (Å²) in [6, 6.07) is 6.35. The first-order chi connectivity index (χ1) is 9.19. The average molecular weight is 278 g/mol. The molecule has 1 aliphatic carbocycles. The largest absolute Gasteiger partial charge is 0.351 e. The van der Waals surface area contributed by atoms with Crippen molar-refractivity contribution in [3.8, 4) is 0 Å². The zero-order valence-corrected chi connectivity index (χ0v) is 12.5. The van der Waals surface area contributed by atoms with Gasteiger partial charge in [-0.2, -0.15) is 0 Å². The lowest BCUT2D eigenvalue weighted by atomic mass is 10.1. The fraction of sp³-hybridized carbons (Fsp3) is 0.533. The summed E-state index contributed by atoms with van der Waals surface area (Å²) in [6.07, 6.45) is 4.70. The maximum absolute atomic E-state index is 11.7. The van der Waals surface area contributed by atoms with Crippen LogP contribution in [0.25, 0.3) is 0 Å². The van der Waals surface area contributed by atoms with E-state index in [-0.39, 0.29) is 5.91 Å². The summed E-state index contributed by atoms with van der Waals surface area (Å²) in [7, 11) is 0. The molecule has 1 aliphatic rings. The van der Waals surface area contributed by atoms with Crippen molar-refractivity contribution in [2.24, 2.45) is 5.92 Å². The molecule has 1 amide bonds. The van der Waals surface area contributed by atoms with Gasteiger partial charge >= 0.3 is 0 Å². The van der Waals surface area contributed by atoms with Crippen LogP contribution in [0.5, 0.6) is 0 Å². The molecule has 0 radical (unpaired) electrons. The Kier molecular flexibility index (Phi) is 5.28. The van der Waals surface area contributed by atoms with E-state index in [1.807, 2.05) is 0 Å². The van der Waals surface area contributed by atoms with Gasteiger partial charge in [-0.25, -0.2) is 0 Å². The van der Waals surface area contributed by atoms with Gasteiger partial charge in [0.25, 0.3) is 0 Å². The number of thioether (sulfide) groups is 1. The average Bonchev–Trinajstić information content (AvgIpc) is 3.21. The van der Waals surface area contributed by atoms with Crippen molar-refractivity contribution in [2.75, 3.05) is 19.3 Å². The van der Waals surface area contributed by atoms with Crippen LogP contribution in [0.15, 0.2) is 23.1 Å². The Morgan fingerprint density at radius 2 is 2.21 bits per heavy atom. The fourth-order valence-electron chi connectivity index (χ4n) is 1.97. The number of aryl methyl sites for hydroxylation is 1. The van der Waals surface area contributed by atoms with E-state index in [9.17, 15) is 4.79 Å². The number of rotatable bonds is 7. The summed E-state index contributed by atoms with van der Waals surface area (Å²) in [5.74, 6) is 0.890. The third-order valence-corrected chi connectivity index (χ3v) is 4.15. The minimum Gasteiger partial charge on any atom is -0.351 e. The lowest BCUT2D eigenvalue weighted by Crippen LogP contribution is -2.34. The maximum atomic E-state index is 11.7. The number of hydrogen-bond acceptors (Lipinski definition) is 3. The topological polar surface area (TPSA) is 41.1 Å². The second-order valence-corrected chi connectivity index (χ2v) is 6.01. The van der Waals surface area contributed by atoms with Crippen LogP contribution >= 0.6 is 11.8 Å². The summed E-state index contributed by atoms with van der Waals surface area (Å²) in [6.45, 7) is 4.11. The number of nitrogens with one attached hydrogen (secondary N) is 2. The van der Waals surface area contributed by atoms with Gasteiger partial charge in [-0.05, 0) is 55.7 Å². The van der Waals surface area contributed by atoms with Crippen molar-refractivity contribution in [3.05, 3.63) is 29.3 Å². The molecule has 0 aliphatic heterocycles. The van der Waals surface area contributed by atoms with Gasteiger partial charge in [0.2, 0.25) is 5.91 Å². The van der Waals surface area contributed by atoms with Gasteiger partial charge < -0.3 is 10.6 Å². The van der Waals surface area contributed by atoms with Gasteiger partial charge in [0, 0.05) is 11.4 Å². The number of carbonyl (C=O) groups is 1. The monoisotopic (exact) mass is 278 g/mol. The molecule has 1 fully saturated rings. The van der Waals surface area contributed by atoms with Crippen molar-refractivity contribution in [2.45, 2.75) is 31.2 Å². The van der Waals surface area contributed by atoms with E-state index in [0.717, 1.165) is 12.5 Å². The minimum absolute atomic E-state index is 0.0771. The van der Waals surface area contributed by atoms with Crippen LogP contribution in [0.3, 0.4) is 0 Å². The predicted molar refractivity (Wildman–Crippen MR) is 80.4 cm³/mol. The van der Waals surface area contributed by atoms with Gasteiger partial charge in [0.15, 0.2) is 0 Å². The summed E-state index contributed by atoms with van der Waals surface area (Å²) < 4.78 is 0. The van der Waals surface area contributed by atoms with Crippen LogP contribution in [0.4, 0.5) is 0 Å². The minimum atomic E-state index is 0.0771. The Labute approximate surface area is 119 Å². The molecular formula is C15H22N2OS. The van der Waals surface area contributed by atoms with E-state index in [0.29, 0.717) is 13.1 Å². The number of benzene rings is 1. The maximum Gasteiger partial charge on any atom is 0.234 e. The van der Waals surface area contributed by atoms with Gasteiger partial charge in [-0.3, -0.25) is 4.79 Å². The molecule has 104 valence electrons. The van der Waals surface area contributed by atoms with Crippen molar-refractivity contribution in [1.82, 2.24) is 10.6 Å². The second kappa shape index (κ2) is 6.96. The molecule has 0 saturated heterocycles. The number of hydrogen-bond donors (Lipinski definition) is 2. The molecule has 1 aromatic carbocycles. The van der Waals surface area contributed by atoms with Crippen LogP contribution < -0.4 is 10.6 Å². The summed E-state index contributed by atoms with van der Waals surface area (Å²) in [5, 5.41) is 6.18. The Balaban J connectivity index is 1.75. The molecular weight excluding hydrogens is 256 g/mol. The zero-order valence-electron chi connectivity index (χ0n) is 11.7. The Morgan fingerprint density at radius 3 is 2.89 bits per heavy atom. The van der Waals surface area contributed by atoms with Crippen molar-refractivity contribution < 1.29 is 4.79 Å². The van der Waals surface area contributed by atoms with Gasteiger partial charge in [0.05, 0.1) is 6.54 Å². The smallest absolute Gasteiger partial charge is 0.234 e. The summed E-state index contributed by atoms with van der Waals surface area (Å²) in [4.78, 5) is 12.9. The Hall–Kier alpha value is -1.00. The SMILES string of the molecule is CSc1cc(C)ccc1CNC(=O)CNCC1CC1. The predicted octanol–water partition coefficient (Wildman–Crippen LogP) is 2.33. The molecule has 0 aromatic heterocycles. The molecule has 1 saturated carbocycles. The molecule has 0 bridgehead atoms. The van der Waals surface area contributed by atoms with E-state index < -0.39 is 0 Å². The van der Waals surface area contributed by atoms with Crippen molar-refractivity contribution in [1.29, 1.82) is 0 Å². The lowest BCUT2D eigenvalue weighted by molar-refractivity contribution is -0.120. The number of carbonyl (C=O) groups excluding carboxylic acids is 1. The first kappa shape index (κ1) is 14.4. The second-order valence-electron chi connectivity index (χ2n) is 5.17. The third kappa shape index (κ3) is 4.88. The van der Waals surface area contributed by atoms with Crippen molar-refractivity contribution in [3.63, 3.8) is 0 Å². The van der Waals surface area contributed by atoms with Crippen LogP contribution in [0, 0.1) is 12.8 Å². The molecule has 0 spiro atoms. The van der Waals surface area contributed by atoms with E-state index in [2.05, 4.69) is 42.0 Å². The standard InChI is InChI=1S/C15H22N2OS/c1-11-3-6-13(14(7-11)19-2)9-17-15(18)10-16-8-12-4-5-12/h3,6-7,12,16H,4-5,8-10H2,1-2H3,(H,17,18). The highest BCUT2D eigenvalue weighted by Gasteiger charge is 2.20.